The van der Waals surface area contributed by atoms with E-state index in [1.807, 2.05) is 18.2 Å². The Bertz CT molecular complexity index is 554. The Hall–Kier alpha value is -2.00. The molecule has 0 heterocycles. The molecule has 0 aliphatic rings. The van der Waals surface area contributed by atoms with E-state index in [1.165, 1.54) is 5.56 Å². The average molecular weight is 285 g/mol. The van der Waals surface area contributed by atoms with E-state index in [0.717, 1.165) is 24.9 Å². The van der Waals surface area contributed by atoms with E-state index in [1.54, 1.807) is 13.2 Å². The number of ether oxygens (including phenoxy) is 1. The third-order valence-corrected chi connectivity index (χ3v) is 3.58. The second-order valence-corrected chi connectivity index (χ2v) is 5.14. The molecule has 2 aromatic carbocycles. The molecule has 0 aliphatic carbocycles. The molecule has 3 heteroatoms. The van der Waals surface area contributed by atoms with Gasteiger partial charge in [0, 0.05) is 12.6 Å². The van der Waals surface area contributed by atoms with Gasteiger partial charge in [-0.2, -0.15) is 0 Å². The minimum absolute atomic E-state index is 0.175. The fourth-order valence-corrected chi connectivity index (χ4v) is 2.43. The summed E-state index contributed by atoms with van der Waals surface area (Å²) in [5.41, 5.74) is 2.41. The lowest BCUT2D eigenvalue weighted by Crippen LogP contribution is -2.20. The van der Waals surface area contributed by atoms with Crippen molar-refractivity contribution in [1.82, 2.24) is 5.32 Å². The highest BCUT2D eigenvalue weighted by Crippen LogP contribution is 2.27. The summed E-state index contributed by atoms with van der Waals surface area (Å²) in [5, 5.41) is 13.2. The van der Waals surface area contributed by atoms with Crippen molar-refractivity contribution in [2.75, 3.05) is 7.11 Å². The third kappa shape index (κ3) is 4.23. The summed E-state index contributed by atoms with van der Waals surface area (Å²) in [6.07, 6.45) is 2.23. The highest BCUT2D eigenvalue weighted by Gasteiger charge is 2.10. The number of phenols is 1. The molecule has 0 aliphatic heterocycles. The predicted molar refractivity (Wildman–Crippen MR) is 85.6 cm³/mol. The van der Waals surface area contributed by atoms with Crippen LogP contribution in [0.15, 0.2) is 48.5 Å². The van der Waals surface area contributed by atoms with E-state index in [2.05, 4.69) is 36.5 Å². The number of rotatable bonds is 7. The van der Waals surface area contributed by atoms with Gasteiger partial charge in [-0.3, -0.25) is 0 Å². The summed E-state index contributed by atoms with van der Waals surface area (Å²) < 4.78 is 5.15. The molecule has 21 heavy (non-hydrogen) atoms. The van der Waals surface area contributed by atoms with Crippen molar-refractivity contribution in [1.29, 1.82) is 0 Å². The third-order valence-electron chi connectivity index (χ3n) is 3.58. The Kier molecular flexibility index (Phi) is 5.64. The van der Waals surface area contributed by atoms with Crippen LogP contribution in [0, 0.1) is 0 Å². The smallest absolute Gasteiger partial charge is 0.160 e. The van der Waals surface area contributed by atoms with Crippen LogP contribution in [-0.4, -0.2) is 12.2 Å². The van der Waals surface area contributed by atoms with Gasteiger partial charge < -0.3 is 15.2 Å². The zero-order valence-corrected chi connectivity index (χ0v) is 12.7. The lowest BCUT2D eigenvalue weighted by atomic mass is 10.0. The molecule has 3 nitrogen and oxygen atoms in total. The maximum absolute atomic E-state index is 9.63. The monoisotopic (exact) mass is 285 g/mol. The van der Waals surface area contributed by atoms with Crippen molar-refractivity contribution < 1.29 is 9.84 Å². The summed E-state index contributed by atoms with van der Waals surface area (Å²) in [6, 6.07) is 16.3. The minimum atomic E-state index is 0.175. The van der Waals surface area contributed by atoms with Gasteiger partial charge in [-0.25, -0.2) is 0 Å². The standard InChI is InChI=1S/C18H23NO2/c1-3-7-16(15-8-5-4-6-9-15)19-13-14-10-11-17(20)18(12-14)21-2/h4-6,8-12,16,19-20H,3,7,13H2,1-2H3. The molecule has 112 valence electrons. The lowest BCUT2D eigenvalue weighted by molar-refractivity contribution is 0.372. The average Bonchev–Trinajstić information content (AvgIpc) is 2.53. The van der Waals surface area contributed by atoms with E-state index < -0.39 is 0 Å². The van der Waals surface area contributed by atoms with Gasteiger partial charge in [0.25, 0.3) is 0 Å². The van der Waals surface area contributed by atoms with Gasteiger partial charge in [-0.15, -0.1) is 0 Å². The van der Waals surface area contributed by atoms with Crippen molar-refractivity contribution in [3.8, 4) is 11.5 Å². The zero-order valence-electron chi connectivity index (χ0n) is 12.7. The van der Waals surface area contributed by atoms with Gasteiger partial charge in [-0.1, -0.05) is 49.7 Å². The molecule has 1 unspecified atom stereocenters. The van der Waals surface area contributed by atoms with E-state index in [9.17, 15) is 5.11 Å². The van der Waals surface area contributed by atoms with Crippen LogP contribution in [0.4, 0.5) is 0 Å². The SMILES string of the molecule is CCCC(NCc1ccc(O)c(OC)c1)c1ccccc1. The van der Waals surface area contributed by atoms with Crippen molar-refractivity contribution >= 4 is 0 Å². The van der Waals surface area contributed by atoms with E-state index in [0.29, 0.717) is 11.8 Å². The Balaban J connectivity index is 2.05. The van der Waals surface area contributed by atoms with Crippen LogP contribution in [0.2, 0.25) is 0 Å². The quantitative estimate of drug-likeness (QED) is 0.807. The fraction of sp³-hybridized carbons (Fsp3) is 0.333. The number of aromatic hydroxyl groups is 1. The van der Waals surface area contributed by atoms with Gasteiger partial charge in [0.2, 0.25) is 0 Å². The summed E-state index contributed by atoms with van der Waals surface area (Å²) in [6.45, 7) is 2.94. The van der Waals surface area contributed by atoms with Crippen molar-refractivity contribution in [3.05, 3.63) is 59.7 Å². The number of methoxy groups -OCH3 is 1. The molecule has 2 N–H and O–H groups in total. The highest BCUT2D eigenvalue weighted by molar-refractivity contribution is 5.41. The maximum Gasteiger partial charge on any atom is 0.160 e. The van der Waals surface area contributed by atoms with E-state index >= 15 is 0 Å². The first-order chi connectivity index (χ1) is 10.2. The van der Waals surface area contributed by atoms with Crippen LogP contribution in [-0.2, 0) is 6.54 Å². The molecule has 2 aromatic rings. The van der Waals surface area contributed by atoms with E-state index in [-0.39, 0.29) is 5.75 Å². The number of phenolic OH excluding ortho intramolecular Hbond substituents is 1. The Morgan fingerprint density at radius 1 is 1.14 bits per heavy atom. The Morgan fingerprint density at radius 2 is 1.90 bits per heavy atom. The summed E-state index contributed by atoms with van der Waals surface area (Å²) in [7, 11) is 1.57. The van der Waals surface area contributed by atoms with Gasteiger partial charge in [0.05, 0.1) is 7.11 Å². The fourth-order valence-electron chi connectivity index (χ4n) is 2.43. The van der Waals surface area contributed by atoms with E-state index in [4.69, 9.17) is 4.74 Å². The molecule has 0 bridgehead atoms. The topological polar surface area (TPSA) is 41.5 Å². The largest absolute Gasteiger partial charge is 0.504 e. The minimum Gasteiger partial charge on any atom is -0.504 e. The van der Waals surface area contributed by atoms with Crippen LogP contribution in [0.25, 0.3) is 0 Å². The molecule has 2 rings (SSSR count). The summed E-state index contributed by atoms with van der Waals surface area (Å²) >= 11 is 0. The van der Waals surface area contributed by atoms with Crippen LogP contribution in [0.1, 0.15) is 36.9 Å². The van der Waals surface area contributed by atoms with Crippen molar-refractivity contribution in [2.45, 2.75) is 32.4 Å². The normalized spacial score (nSPS) is 12.1. The summed E-state index contributed by atoms with van der Waals surface area (Å²) in [5.74, 6) is 0.690. The van der Waals surface area contributed by atoms with Crippen LogP contribution >= 0.6 is 0 Å². The first-order valence-electron chi connectivity index (χ1n) is 7.38. The van der Waals surface area contributed by atoms with Gasteiger partial charge in [-0.05, 0) is 29.7 Å². The second-order valence-electron chi connectivity index (χ2n) is 5.14. The molecule has 0 amide bonds. The van der Waals surface area contributed by atoms with Crippen LogP contribution in [0.5, 0.6) is 11.5 Å². The molecule has 0 radical (unpaired) electrons. The Labute approximate surface area is 126 Å². The molecule has 0 fully saturated rings. The first-order valence-corrected chi connectivity index (χ1v) is 7.38. The Morgan fingerprint density at radius 3 is 2.57 bits per heavy atom. The number of nitrogens with one attached hydrogen (secondary N) is 1. The number of benzene rings is 2. The van der Waals surface area contributed by atoms with Crippen molar-refractivity contribution in [3.63, 3.8) is 0 Å². The van der Waals surface area contributed by atoms with Crippen LogP contribution in [0.3, 0.4) is 0 Å². The first kappa shape index (κ1) is 15.4. The predicted octanol–water partition coefficient (Wildman–Crippen LogP) is 4.03. The molecular weight excluding hydrogens is 262 g/mol. The van der Waals surface area contributed by atoms with Gasteiger partial charge in [0.1, 0.15) is 0 Å². The molecule has 0 spiro atoms. The molecular formula is C18H23NO2. The van der Waals surface area contributed by atoms with Crippen molar-refractivity contribution in [2.24, 2.45) is 0 Å². The molecule has 0 saturated heterocycles. The number of hydrogen-bond acceptors (Lipinski definition) is 3. The lowest BCUT2D eigenvalue weighted by Gasteiger charge is -2.19. The maximum atomic E-state index is 9.63. The summed E-state index contributed by atoms with van der Waals surface area (Å²) in [4.78, 5) is 0. The molecule has 0 aromatic heterocycles. The molecule has 0 saturated carbocycles. The highest BCUT2D eigenvalue weighted by atomic mass is 16.5. The molecule has 1 atom stereocenters. The van der Waals surface area contributed by atoms with Gasteiger partial charge >= 0.3 is 0 Å². The number of hydrogen-bond donors (Lipinski definition) is 2. The zero-order chi connectivity index (χ0) is 15.1. The van der Waals surface area contributed by atoms with Gasteiger partial charge in [0.15, 0.2) is 11.5 Å². The van der Waals surface area contributed by atoms with Crippen LogP contribution < -0.4 is 10.1 Å². The second kappa shape index (κ2) is 7.70.